The Bertz CT molecular complexity index is 1040. The van der Waals surface area contributed by atoms with Gasteiger partial charge in [0.25, 0.3) is 0 Å². The summed E-state index contributed by atoms with van der Waals surface area (Å²) in [5, 5.41) is 4.69. The Labute approximate surface area is 185 Å². The number of anilines is 1. The van der Waals surface area contributed by atoms with Gasteiger partial charge in [-0.1, -0.05) is 49.9 Å². The Kier molecular flexibility index (Phi) is 6.51. The van der Waals surface area contributed by atoms with Crippen molar-refractivity contribution in [2.45, 2.75) is 57.3 Å². The standard InChI is InChI=1S/C24H26F3N3S/c25-24(26,27)18-8-7-9-19(14-18)29-23(31)30(20-10-3-1-2-4-11-20)16-17-15-28-22-13-6-5-12-21(17)22/h5-9,12-15,20,28H,1-4,10-11,16H2,(H,29,31). The normalized spacial score (nSPS) is 15.6. The first-order chi connectivity index (χ1) is 14.9. The van der Waals surface area contributed by atoms with E-state index in [-0.39, 0.29) is 6.04 Å². The van der Waals surface area contributed by atoms with Gasteiger partial charge in [-0.25, -0.2) is 0 Å². The number of fused-ring (bicyclic) bond motifs is 1. The summed E-state index contributed by atoms with van der Waals surface area (Å²) >= 11 is 5.74. The van der Waals surface area contributed by atoms with Gasteiger partial charge in [-0.15, -0.1) is 0 Å². The van der Waals surface area contributed by atoms with Crippen molar-refractivity contribution in [1.29, 1.82) is 0 Å². The molecule has 0 aliphatic heterocycles. The molecule has 0 saturated heterocycles. The summed E-state index contributed by atoms with van der Waals surface area (Å²) in [5.74, 6) is 0. The number of hydrogen-bond acceptors (Lipinski definition) is 1. The highest BCUT2D eigenvalue weighted by Crippen LogP contribution is 2.31. The fourth-order valence-electron chi connectivity index (χ4n) is 4.35. The fraction of sp³-hybridized carbons (Fsp3) is 0.375. The van der Waals surface area contributed by atoms with Crippen molar-refractivity contribution >= 4 is 33.9 Å². The molecule has 0 bridgehead atoms. The molecule has 2 aromatic carbocycles. The van der Waals surface area contributed by atoms with Gasteiger partial charge >= 0.3 is 6.18 Å². The first-order valence-electron chi connectivity index (χ1n) is 10.7. The van der Waals surface area contributed by atoms with Gasteiger partial charge in [-0.2, -0.15) is 13.2 Å². The molecule has 0 unspecified atom stereocenters. The number of H-pyrrole nitrogens is 1. The van der Waals surface area contributed by atoms with Crippen LogP contribution in [0.3, 0.4) is 0 Å². The van der Waals surface area contributed by atoms with E-state index in [1.807, 2.05) is 24.4 Å². The van der Waals surface area contributed by atoms with Crippen molar-refractivity contribution in [3.63, 3.8) is 0 Å². The first kappa shape index (κ1) is 21.7. The summed E-state index contributed by atoms with van der Waals surface area (Å²) < 4.78 is 39.4. The highest BCUT2D eigenvalue weighted by molar-refractivity contribution is 7.80. The number of aromatic amines is 1. The van der Waals surface area contributed by atoms with Crippen molar-refractivity contribution in [3.8, 4) is 0 Å². The minimum atomic E-state index is -4.38. The number of thiocarbonyl (C=S) groups is 1. The fourth-order valence-corrected chi connectivity index (χ4v) is 4.68. The molecule has 31 heavy (non-hydrogen) atoms. The van der Waals surface area contributed by atoms with Crippen LogP contribution in [0, 0.1) is 0 Å². The molecule has 0 amide bonds. The van der Waals surface area contributed by atoms with E-state index < -0.39 is 11.7 Å². The van der Waals surface area contributed by atoms with E-state index >= 15 is 0 Å². The van der Waals surface area contributed by atoms with E-state index in [4.69, 9.17) is 12.2 Å². The third-order valence-corrected chi connectivity index (χ3v) is 6.32. The molecule has 7 heteroatoms. The Morgan fingerprint density at radius 1 is 1.03 bits per heavy atom. The number of rotatable bonds is 4. The zero-order chi connectivity index (χ0) is 21.8. The number of nitrogens with zero attached hydrogens (tertiary/aromatic N) is 1. The smallest absolute Gasteiger partial charge is 0.361 e. The molecule has 0 atom stereocenters. The molecule has 0 radical (unpaired) electrons. The zero-order valence-electron chi connectivity index (χ0n) is 17.2. The van der Waals surface area contributed by atoms with Crippen molar-refractivity contribution < 1.29 is 13.2 Å². The van der Waals surface area contributed by atoms with Crippen LogP contribution in [0.15, 0.2) is 54.7 Å². The van der Waals surface area contributed by atoms with Crippen molar-refractivity contribution in [2.75, 3.05) is 5.32 Å². The quantitative estimate of drug-likeness (QED) is 0.331. The molecular weight excluding hydrogens is 419 g/mol. The average Bonchev–Trinajstić information content (AvgIpc) is 2.96. The minimum absolute atomic E-state index is 0.266. The SMILES string of the molecule is FC(F)(F)c1cccc(NC(=S)N(Cc2c[nH]c3ccccc23)C2CCCCCC2)c1. The molecule has 1 heterocycles. The second-order valence-electron chi connectivity index (χ2n) is 8.14. The number of nitrogens with one attached hydrogen (secondary N) is 2. The Balaban J connectivity index is 1.60. The van der Waals surface area contributed by atoms with Crippen LogP contribution in [-0.4, -0.2) is 21.0 Å². The van der Waals surface area contributed by atoms with Crippen LogP contribution < -0.4 is 5.32 Å². The van der Waals surface area contributed by atoms with Gasteiger partial charge in [-0.3, -0.25) is 0 Å². The summed E-state index contributed by atoms with van der Waals surface area (Å²) in [4.78, 5) is 5.47. The van der Waals surface area contributed by atoms with Crippen LogP contribution in [0.5, 0.6) is 0 Å². The zero-order valence-corrected chi connectivity index (χ0v) is 18.0. The molecule has 3 aromatic rings. The summed E-state index contributed by atoms with van der Waals surface area (Å²) in [6.45, 7) is 0.611. The van der Waals surface area contributed by atoms with Gasteiger partial charge in [0.05, 0.1) is 5.56 Å². The molecule has 3 nitrogen and oxygen atoms in total. The minimum Gasteiger partial charge on any atom is -0.361 e. The Morgan fingerprint density at radius 3 is 2.52 bits per heavy atom. The highest BCUT2D eigenvalue weighted by atomic mass is 32.1. The maximum Gasteiger partial charge on any atom is 0.416 e. The summed E-state index contributed by atoms with van der Waals surface area (Å²) in [6.07, 6.45) is 4.39. The number of halogens is 3. The lowest BCUT2D eigenvalue weighted by molar-refractivity contribution is -0.137. The molecule has 1 saturated carbocycles. The first-order valence-corrected chi connectivity index (χ1v) is 11.1. The van der Waals surface area contributed by atoms with Gasteiger partial charge in [0, 0.05) is 35.4 Å². The highest BCUT2D eigenvalue weighted by Gasteiger charge is 2.31. The molecule has 4 rings (SSSR count). The molecule has 164 valence electrons. The third-order valence-electron chi connectivity index (χ3n) is 5.98. The Hall–Kier alpha value is -2.54. The van der Waals surface area contributed by atoms with E-state index in [0.717, 1.165) is 54.3 Å². The molecular formula is C24H26F3N3S. The molecule has 1 aliphatic carbocycles. The second kappa shape index (κ2) is 9.30. The lowest BCUT2D eigenvalue weighted by Crippen LogP contribution is -2.42. The van der Waals surface area contributed by atoms with Crippen LogP contribution in [0.2, 0.25) is 0 Å². The van der Waals surface area contributed by atoms with Gasteiger partial charge < -0.3 is 15.2 Å². The van der Waals surface area contributed by atoms with E-state index in [0.29, 0.717) is 17.3 Å². The van der Waals surface area contributed by atoms with E-state index in [2.05, 4.69) is 21.3 Å². The van der Waals surface area contributed by atoms with Gasteiger partial charge in [0.1, 0.15) is 0 Å². The number of aromatic nitrogens is 1. The molecule has 1 aromatic heterocycles. The van der Waals surface area contributed by atoms with Crippen LogP contribution in [-0.2, 0) is 12.7 Å². The largest absolute Gasteiger partial charge is 0.416 e. The number of benzene rings is 2. The van der Waals surface area contributed by atoms with Crippen LogP contribution >= 0.6 is 12.2 Å². The summed E-state index contributed by atoms with van der Waals surface area (Å²) in [6, 6.07) is 13.6. The number of para-hydroxylation sites is 1. The molecule has 0 spiro atoms. The average molecular weight is 446 g/mol. The van der Waals surface area contributed by atoms with E-state index in [9.17, 15) is 13.2 Å². The summed E-state index contributed by atoms with van der Waals surface area (Å²) in [5.41, 5.74) is 1.87. The van der Waals surface area contributed by atoms with Gasteiger partial charge in [-0.05, 0) is 54.9 Å². The number of alkyl halides is 3. The van der Waals surface area contributed by atoms with E-state index in [1.54, 1.807) is 6.07 Å². The second-order valence-corrected chi connectivity index (χ2v) is 8.53. The topological polar surface area (TPSA) is 31.1 Å². The predicted molar refractivity (Wildman–Crippen MR) is 123 cm³/mol. The van der Waals surface area contributed by atoms with E-state index in [1.165, 1.54) is 18.9 Å². The molecule has 2 N–H and O–H groups in total. The maximum atomic E-state index is 13.1. The predicted octanol–water partition coefficient (Wildman–Crippen LogP) is 7.11. The van der Waals surface area contributed by atoms with Gasteiger partial charge in [0.2, 0.25) is 0 Å². The van der Waals surface area contributed by atoms with Crippen molar-refractivity contribution in [2.24, 2.45) is 0 Å². The maximum absolute atomic E-state index is 13.1. The lowest BCUT2D eigenvalue weighted by Gasteiger charge is -2.34. The van der Waals surface area contributed by atoms with Gasteiger partial charge in [0.15, 0.2) is 5.11 Å². The Morgan fingerprint density at radius 2 is 1.77 bits per heavy atom. The van der Waals surface area contributed by atoms with Crippen LogP contribution in [0.4, 0.5) is 18.9 Å². The molecule has 1 aliphatic rings. The lowest BCUT2D eigenvalue weighted by atomic mass is 10.1. The summed E-state index contributed by atoms with van der Waals surface area (Å²) in [7, 11) is 0. The molecule has 1 fully saturated rings. The monoisotopic (exact) mass is 445 g/mol. The third kappa shape index (κ3) is 5.21. The van der Waals surface area contributed by atoms with Crippen molar-refractivity contribution in [3.05, 3.63) is 65.9 Å². The van der Waals surface area contributed by atoms with Crippen LogP contribution in [0.1, 0.15) is 49.7 Å². The van der Waals surface area contributed by atoms with Crippen LogP contribution in [0.25, 0.3) is 10.9 Å². The number of hydrogen-bond donors (Lipinski definition) is 2. The van der Waals surface area contributed by atoms with Crippen molar-refractivity contribution in [1.82, 2.24) is 9.88 Å².